The van der Waals surface area contributed by atoms with E-state index in [0.717, 1.165) is 11.1 Å². The Morgan fingerprint density at radius 2 is 1.80 bits per heavy atom. The van der Waals surface area contributed by atoms with Crippen LogP contribution in [0.15, 0.2) is 57.8 Å². The van der Waals surface area contributed by atoms with Crippen molar-refractivity contribution in [2.45, 2.75) is 36.0 Å². The first-order valence-electron chi connectivity index (χ1n) is 10.2. The molecule has 1 saturated heterocycles. The van der Waals surface area contributed by atoms with Crippen LogP contribution in [-0.4, -0.2) is 55.1 Å². The van der Waals surface area contributed by atoms with Gasteiger partial charge in [0, 0.05) is 25.7 Å². The summed E-state index contributed by atoms with van der Waals surface area (Å²) in [4.78, 5) is 21.8. The van der Waals surface area contributed by atoms with Crippen LogP contribution in [0.2, 0.25) is 0 Å². The smallest absolute Gasteiger partial charge is 0.298 e. The Hall–Kier alpha value is -2.87. The van der Waals surface area contributed by atoms with Crippen LogP contribution in [0.1, 0.15) is 30.1 Å². The number of para-hydroxylation sites is 2. The van der Waals surface area contributed by atoms with E-state index < -0.39 is 9.84 Å². The average Bonchev–Trinajstić information content (AvgIpc) is 3.53. The van der Waals surface area contributed by atoms with Crippen LogP contribution in [-0.2, 0) is 9.84 Å². The zero-order chi connectivity index (χ0) is 20.9. The fourth-order valence-corrected chi connectivity index (χ4v) is 5.88. The Kier molecular flexibility index (Phi) is 4.54. The Labute approximate surface area is 175 Å². The summed E-state index contributed by atoms with van der Waals surface area (Å²) < 4.78 is 31.5. The number of carbonyl (C=O) groups excluding carboxylic acids is 1. The van der Waals surface area contributed by atoms with E-state index in [2.05, 4.69) is 4.98 Å². The fraction of sp³-hybridized carbons (Fsp3) is 0.364. The van der Waals surface area contributed by atoms with Gasteiger partial charge in [0.25, 0.3) is 11.9 Å². The molecule has 0 spiro atoms. The van der Waals surface area contributed by atoms with Crippen molar-refractivity contribution in [1.29, 1.82) is 0 Å². The maximum absolute atomic E-state index is 13.3. The molecule has 1 aromatic heterocycles. The highest BCUT2D eigenvalue weighted by Crippen LogP contribution is 2.35. The molecule has 1 aliphatic carbocycles. The number of hydrogen-bond donors (Lipinski definition) is 0. The Balaban J connectivity index is 1.37. The summed E-state index contributed by atoms with van der Waals surface area (Å²) in [6, 6.07) is 14.6. The highest BCUT2D eigenvalue weighted by molar-refractivity contribution is 7.92. The maximum Gasteiger partial charge on any atom is 0.298 e. The van der Waals surface area contributed by atoms with E-state index in [1.807, 2.05) is 36.1 Å². The lowest BCUT2D eigenvalue weighted by molar-refractivity contribution is 0.0667. The van der Waals surface area contributed by atoms with E-state index in [-0.39, 0.29) is 27.7 Å². The summed E-state index contributed by atoms with van der Waals surface area (Å²) in [5.41, 5.74) is 1.81. The van der Waals surface area contributed by atoms with Gasteiger partial charge in [-0.05, 0) is 44.0 Å². The molecule has 1 saturated carbocycles. The number of anilines is 1. The molecule has 7 nitrogen and oxygen atoms in total. The molecular weight excluding hydrogens is 402 g/mol. The van der Waals surface area contributed by atoms with Gasteiger partial charge >= 0.3 is 0 Å². The third-order valence-electron chi connectivity index (χ3n) is 5.83. The molecule has 156 valence electrons. The third kappa shape index (κ3) is 3.25. The standard InChI is InChI=1S/C22H23N3O4S/c1-15-14-24(22-23-18-7-3-4-8-19(18)29-22)12-13-25(15)21(26)17-6-2-5-9-20(17)30(27,28)16-10-11-16/h2-9,15-16H,10-14H2,1H3/t15-/m0/s1. The number of hydrogen-bond acceptors (Lipinski definition) is 6. The van der Waals surface area contributed by atoms with Crippen molar-refractivity contribution in [3.05, 3.63) is 54.1 Å². The Morgan fingerprint density at radius 3 is 2.53 bits per heavy atom. The van der Waals surface area contributed by atoms with Gasteiger partial charge in [-0.3, -0.25) is 4.79 Å². The number of fused-ring (bicyclic) bond motifs is 1. The molecule has 30 heavy (non-hydrogen) atoms. The Bertz CT molecular complexity index is 1180. The van der Waals surface area contributed by atoms with Gasteiger partial charge in [0.1, 0.15) is 5.52 Å². The quantitative estimate of drug-likeness (QED) is 0.639. The molecule has 1 aliphatic heterocycles. The minimum absolute atomic E-state index is 0.113. The van der Waals surface area contributed by atoms with Gasteiger partial charge in [-0.25, -0.2) is 8.42 Å². The van der Waals surface area contributed by atoms with Gasteiger partial charge in [-0.2, -0.15) is 4.98 Å². The fourth-order valence-electron chi connectivity index (χ4n) is 4.03. The number of carbonyl (C=O) groups is 1. The summed E-state index contributed by atoms with van der Waals surface area (Å²) in [7, 11) is -3.45. The van der Waals surface area contributed by atoms with Gasteiger partial charge in [-0.15, -0.1) is 0 Å². The molecule has 0 radical (unpaired) electrons. The van der Waals surface area contributed by atoms with Gasteiger partial charge in [0.05, 0.1) is 15.7 Å². The molecular formula is C22H23N3O4S. The number of oxazole rings is 1. The first kappa shape index (κ1) is 19.1. The lowest BCUT2D eigenvalue weighted by Gasteiger charge is -2.39. The minimum atomic E-state index is -3.45. The normalized spacial score (nSPS) is 20.0. The monoisotopic (exact) mass is 425 g/mol. The SMILES string of the molecule is C[C@H]1CN(c2nc3ccccc3o2)CCN1C(=O)c1ccccc1S(=O)(=O)C1CC1. The zero-order valence-corrected chi connectivity index (χ0v) is 17.5. The first-order valence-corrected chi connectivity index (χ1v) is 11.7. The number of nitrogens with zero attached hydrogens (tertiary/aromatic N) is 3. The lowest BCUT2D eigenvalue weighted by atomic mass is 10.1. The van der Waals surface area contributed by atoms with Gasteiger partial charge in [0.15, 0.2) is 15.4 Å². The van der Waals surface area contributed by atoms with Crippen LogP contribution >= 0.6 is 0 Å². The molecule has 2 aromatic carbocycles. The molecule has 0 N–H and O–H groups in total. The van der Waals surface area contributed by atoms with E-state index in [4.69, 9.17) is 4.42 Å². The minimum Gasteiger partial charge on any atom is -0.423 e. The molecule has 5 rings (SSSR count). The van der Waals surface area contributed by atoms with E-state index in [1.165, 1.54) is 0 Å². The van der Waals surface area contributed by atoms with E-state index >= 15 is 0 Å². The molecule has 3 aromatic rings. The van der Waals surface area contributed by atoms with Crippen LogP contribution in [0.5, 0.6) is 0 Å². The summed E-state index contributed by atoms with van der Waals surface area (Å²) in [6.07, 6.45) is 1.34. The Morgan fingerprint density at radius 1 is 1.07 bits per heavy atom. The van der Waals surface area contributed by atoms with Crippen molar-refractivity contribution < 1.29 is 17.6 Å². The van der Waals surface area contributed by atoms with Crippen molar-refractivity contribution >= 4 is 32.9 Å². The van der Waals surface area contributed by atoms with Crippen LogP contribution < -0.4 is 4.90 Å². The molecule has 2 aliphatic rings. The van der Waals surface area contributed by atoms with Crippen molar-refractivity contribution in [2.24, 2.45) is 0 Å². The van der Waals surface area contributed by atoms with Crippen LogP contribution in [0, 0.1) is 0 Å². The second-order valence-corrected chi connectivity index (χ2v) is 10.2. The molecule has 1 atom stereocenters. The molecule has 1 amide bonds. The topological polar surface area (TPSA) is 83.7 Å². The van der Waals surface area contributed by atoms with Gasteiger partial charge in [-0.1, -0.05) is 24.3 Å². The van der Waals surface area contributed by atoms with Gasteiger partial charge in [0.2, 0.25) is 0 Å². The largest absolute Gasteiger partial charge is 0.423 e. The van der Waals surface area contributed by atoms with Gasteiger partial charge < -0.3 is 14.2 Å². The summed E-state index contributed by atoms with van der Waals surface area (Å²) in [5.74, 6) is -0.237. The third-order valence-corrected chi connectivity index (χ3v) is 8.15. The van der Waals surface area contributed by atoms with Crippen molar-refractivity contribution in [3.8, 4) is 0 Å². The predicted octanol–water partition coefficient (Wildman–Crippen LogP) is 3.11. The van der Waals surface area contributed by atoms with E-state index in [9.17, 15) is 13.2 Å². The van der Waals surface area contributed by atoms with Crippen molar-refractivity contribution in [2.75, 3.05) is 24.5 Å². The number of aromatic nitrogens is 1. The predicted molar refractivity (Wildman–Crippen MR) is 113 cm³/mol. The highest BCUT2D eigenvalue weighted by atomic mass is 32.2. The number of benzene rings is 2. The molecule has 0 bridgehead atoms. The summed E-state index contributed by atoms with van der Waals surface area (Å²) in [6.45, 7) is 3.57. The summed E-state index contributed by atoms with van der Waals surface area (Å²) in [5, 5.41) is -0.347. The van der Waals surface area contributed by atoms with Crippen molar-refractivity contribution in [1.82, 2.24) is 9.88 Å². The maximum atomic E-state index is 13.3. The second kappa shape index (κ2) is 7.12. The molecule has 2 fully saturated rings. The van der Waals surface area contributed by atoms with Crippen LogP contribution in [0.4, 0.5) is 6.01 Å². The van der Waals surface area contributed by atoms with E-state index in [1.54, 1.807) is 29.2 Å². The number of piperazine rings is 1. The molecule has 0 unspecified atom stereocenters. The molecule has 2 heterocycles. The van der Waals surface area contributed by atoms with Crippen LogP contribution in [0.25, 0.3) is 11.1 Å². The van der Waals surface area contributed by atoms with E-state index in [0.29, 0.717) is 38.5 Å². The second-order valence-electron chi connectivity index (χ2n) is 8.00. The lowest BCUT2D eigenvalue weighted by Crippen LogP contribution is -2.54. The highest BCUT2D eigenvalue weighted by Gasteiger charge is 2.40. The molecule has 8 heteroatoms. The number of rotatable bonds is 4. The number of sulfone groups is 1. The van der Waals surface area contributed by atoms with Crippen molar-refractivity contribution in [3.63, 3.8) is 0 Å². The number of amides is 1. The summed E-state index contributed by atoms with van der Waals surface area (Å²) >= 11 is 0. The van der Waals surface area contributed by atoms with Crippen LogP contribution in [0.3, 0.4) is 0 Å². The zero-order valence-electron chi connectivity index (χ0n) is 16.7. The first-order chi connectivity index (χ1) is 14.4. The average molecular weight is 426 g/mol.